The van der Waals surface area contributed by atoms with Gasteiger partial charge in [-0.25, -0.2) is 0 Å². The molecule has 0 saturated carbocycles. The van der Waals surface area contributed by atoms with Crippen molar-refractivity contribution in [1.82, 2.24) is 0 Å². The standard InChI is InChI=1S/C12H14O/c1-10-6-5-7-11(2)12(10)8-3-4-9-13/h3,5-9H,4H2,1-2H3/b8-3+. The first-order valence-corrected chi connectivity index (χ1v) is 4.42. The number of allylic oxidation sites excluding steroid dienone is 1. The van der Waals surface area contributed by atoms with Crippen LogP contribution < -0.4 is 0 Å². The fourth-order valence-corrected chi connectivity index (χ4v) is 1.33. The Bertz CT molecular complexity index is 304. The van der Waals surface area contributed by atoms with E-state index in [-0.39, 0.29) is 0 Å². The Kier molecular flexibility index (Phi) is 3.44. The van der Waals surface area contributed by atoms with Crippen LogP contribution in [0.25, 0.3) is 6.08 Å². The van der Waals surface area contributed by atoms with Crippen molar-refractivity contribution in [2.45, 2.75) is 20.3 Å². The number of aldehydes is 1. The van der Waals surface area contributed by atoms with Gasteiger partial charge in [-0.2, -0.15) is 0 Å². The second-order valence-corrected chi connectivity index (χ2v) is 3.11. The SMILES string of the molecule is Cc1cccc(C)c1/C=C/CC=O. The number of hydrogen-bond acceptors (Lipinski definition) is 1. The van der Waals surface area contributed by atoms with Gasteiger partial charge in [0, 0.05) is 6.42 Å². The van der Waals surface area contributed by atoms with Gasteiger partial charge in [-0.1, -0.05) is 30.4 Å². The monoisotopic (exact) mass is 174 g/mol. The maximum atomic E-state index is 10.1. The molecule has 0 spiro atoms. The van der Waals surface area contributed by atoms with Gasteiger partial charge in [0.1, 0.15) is 6.29 Å². The Hall–Kier alpha value is -1.37. The Morgan fingerprint density at radius 1 is 1.23 bits per heavy atom. The summed E-state index contributed by atoms with van der Waals surface area (Å²) in [5.74, 6) is 0. The van der Waals surface area contributed by atoms with E-state index in [4.69, 9.17) is 0 Å². The number of hydrogen-bond donors (Lipinski definition) is 0. The molecule has 68 valence electrons. The lowest BCUT2D eigenvalue weighted by atomic mass is 10.0. The van der Waals surface area contributed by atoms with Crippen LogP contribution in [0, 0.1) is 13.8 Å². The van der Waals surface area contributed by atoms with E-state index in [0.29, 0.717) is 6.42 Å². The van der Waals surface area contributed by atoms with Crippen molar-refractivity contribution in [2.24, 2.45) is 0 Å². The lowest BCUT2D eigenvalue weighted by Gasteiger charge is -2.03. The quantitative estimate of drug-likeness (QED) is 0.644. The van der Waals surface area contributed by atoms with E-state index in [1.54, 1.807) is 0 Å². The van der Waals surface area contributed by atoms with Crippen LogP contribution >= 0.6 is 0 Å². The molecular formula is C12H14O. The van der Waals surface area contributed by atoms with Crippen molar-refractivity contribution in [2.75, 3.05) is 0 Å². The number of carbonyl (C=O) groups excluding carboxylic acids is 1. The van der Waals surface area contributed by atoms with Crippen molar-refractivity contribution in [3.8, 4) is 0 Å². The first-order chi connectivity index (χ1) is 6.25. The zero-order chi connectivity index (χ0) is 9.68. The summed E-state index contributed by atoms with van der Waals surface area (Å²) in [5.41, 5.74) is 3.73. The molecule has 0 aromatic heterocycles. The molecule has 1 aromatic carbocycles. The second kappa shape index (κ2) is 4.61. The molecule has 0 heterocycles. The Labute approximate surface area is 79.1 Å². The van der Waals surface area contributed by atoms with Crippen LogP contribution in [0.2, 0.25) is 0 Å². The predicted octanol–water partition coefficient (Wildman–Crippen LogP) is 2.91. The molecule has 0 atom stereocenters. The van der Waals surface area contributed by atoms with Crippen molar-refractivity contribution >= 4 is 12.4 Å². The minimum atomic E-state index is 0.494. The number of carbonyl (C=O) groups is 1. The lowest BCUT2D eigenvalue weighted by Crippen LogP contribution is -1.84. The largest absolute Gasteiger partial charge is 0.303 e. The second-order valence-electron chi connectivity index (χ2n) is 3.11. The van der Waals surface area contributed by atoms with Crippen LogP contribution in [0.4, 0.5) is 0 Å². The summed E-state index contributed by atoms with van der Waals surface area (Å²) in [7, 11) is 0. The Morgan fingerprint density at radius 3 is 2.38 bits per heavy atom. The van der Waals surface area contributed by atoms with Crippen LogP contribution in [0.5, 0.6) is 0 Å². The highest BCUT2D eigenvalue weighted by molar-refractivity contribution is 5.61. The maximum absolute atomic E-state index is 10.1. The van der Waals surface area contributed by atoms with Gasteiger partial charge in [-0.3, -0.25) is 0 Å². The first-order valence-electron chi connectivity index (χ1n) is 4.42. The summed E-state index contributed by atoms with van der Waals surface area (Å²) in [6.07, 6.45) is 5.30. The molecule has 0 aliphatic rings. The zero-order valence-electron chi connectivity index (χ0n) is 8.08. The topological polar surface area (TPSA) is 17.1 Å². The highest BCUT2D eigenvalue weighted by Crippen LogP contribution is 2.14. The molecule has 0 aliphatic carbocycles. The van der Waals surface area contributed by atoms with E-state index >= 15 is 0 Å². The molecule has 1 nitrogen and oxygen atoms in total. The molecule has 0 N–H and O–H groups in total. The van der Waals surface area contributed by atoms with Gasteiger partial charge >= 0.3 is 0 Å². The smallest absolute Gasteiger partial charge is 0.123 e. The summed E-state index contributed by atoms with van der Waals surface area (Å²) in [6.45, 7) is 4.15. The number of benzene rings is 1. The minimum absolute atomic E-state index is 0.494. The summed E-state index contributed by atoms with van der Waals surface area (Å²) >= 11 is 0. The van der Waals surface area contributed by atoms with E-state index in [2.05, 4.69) is 26.0 Å². The van der Waals surface area contributed by atoms with Crippen LogP contribution in [-0.2, 0) is 4.79 Å². The molecule has 1 aromatic rings. The van der Waals surface area contributed by atoms with E-state index in [1.165, 1.54) is 16.7 Å². The molecule has 0 fully saturated rings. The van der Waals surface area contributed by atoms with Gasteiger partial charge in [0.2, 0.25) is 0 Å². The van der Waals surface area contributed by atoms with Gasteiger partial charge in [0.25, 0.3) is 0 Å². The van der Waals surface area contributed by atoms with Crippen molar-refractivity contribution in [3.05, 3.63) is 41.0 Å². The zero-order valence-corrected chi connectivity index (χ0v) is 8.08. The molecule has 13 heavy (non-hydrogen) atoms. The highest BCUT2D eigenvalue weighted by atomic mass is 16.1. The van der Waals surface area contributed by atoms with Crippen LogP contribution in [-0.4, -0.2) is 6.29 Å². The summed E-state index contributed by atoms with van der Waals surface area (Å²) in [6, 6.07) is 6.20. The van der Waals surface area contributed by atoms with E-state index in [0.717, 1.165) is 6.29 Å². The van der Waals surface area contributed by atoms with Gasteiger partial charge in [-0.05, 0) is 30.5 Å². The third kappa shape index (κ3) is 2.55. The molecule has 0 unspecified atom stereocenters. The van der Waals surface area contributed by atoms with Gasteiger partial charge in [0.05, 0.1) is 0 Å². The molecular weight excluding hydrogens is 160 g/mol. The van der Waals surface area contributed by atoms with Crippen LogP contribution in [0.15, 0.2) is 24.3 Å². The first kappa shape index (κ1) is 9.72. The van der Waals surface area contributed by atoms with Crippen molar-refractivity contribution in [1.29, 1.82) is 0 Å². The molecule has 0 saturated heterocycles. The molecule has 0 radical (unpaired) electrons. The van der Waals surface area contributed by atoms with E-state index in [9.17, 15) is 4.79 Å². The average molecular weight is 174 g/mol. The Morgan fingerprint density at radius 2 is 1.85 bits per heavy atom. The highest BCUT2D eigenvalue weighted by Gasteiger charge is 1.95. The summed E-state index contributed by atoms with van der Waals surface area (Å²) < 4.78 is 0. The van der Waals surface area contributed by atoms with Crippen molar-refractivity contribution < 1.29 is 4.79 Å². The maximum Gasteiger partial charge on any atom is 0.123 e. The minimum Gasteiger partial charge on any atom is -0.303 e. The molecule has 1 heteroatoms. The summed E-state index contributed by atoms with van der Waals surface area (Å²) in [5, 5.41) is 0. The van der Waals surface area contributed by atoms with Crippen LogP contribution in [0.1, 0.15) is 23.1 Å². The van der Waals surface area contributed by atoms with Crippen LogP contribution in [0.3, 0.4) is 0 Å². The number of rotatable bonds is 3. The summed E-state index contributed by atoms with van der Waals surface area (Å²) in [4.78, 5) is 10.1. The Balaban J connectivity index is 2.92. The van der Waals surface area contributed by atoms with Gasteiger partial charge in [-0.15, -0.1) is 0 Å². The van der Waals surface area contributed by atoms with Gasteiger partial charge in [0.15, 0.2) is 0 Å². The average Bonchev–Trinajstić information content (AvgIpc) is 2.10. The molecule has 0 amide bonds. The van der Waals surface area contributed by atoms with Crippen molar-refractivity contribution in [3.63, 3.8) is 0 Å². The van der Waals surface area contributed by atoms with Gasteiger partial charge < -0.3 is 4.79 Å². The third-order valence-electron chi connectivity index (χ3n) is 2.06. The molecule has 1 rings (SSSR count). The third-order valence-corrected chi connectivity index (χ3v) is 2.06. The van der Waals surface area contributed by atoms with E-state index in [1.807, 2.05) is 18.2 Å². The van der Waals surface area contributed by atoms with E-state index < -0.39 is 0 Å². The molecule has 0 aliphatic heterocycles. The number of aryl methyl sites for hydroxylation is 2. The molecule has 0 bridgehead atoms. The fourth-order valence-electron chi connectivity index (χ4n) is 1.33. The predicted molar refractivity (Wildman–Crippen MR) is 55.6 cm³/mol. The fraction of sp³-hybridized carbons (Fsp3) is 0.250. The lowest BCUT2D eigenvalue weighted by molar-refractivity contribution is -0.107. The normalized spacial score (nSPS) is 10.6.